The van der Waals surface area contributed by atoms with Gasteiger partial charge < -0.3 is 10.1 Å². The Morgan fingerprint density at radius 1 is 1.06 bits per heavy atom. The van der Waals surface area contributed by atoms with Crippen molar-refractivity contribution in [3.8, 4) is 17.0 Å². The zero-order valence-electron chi connectivity index (χ0n) is 16.8. The fraction of sp³-hybridized carbons (Fsp3) is 0.182. The van der Waals surface area contributed by atoms with E-state index in [1.54, 1.807) is 11.6 Å². The van der Waals surface area contributed by atoms with Crippen LogP contribution in [0.1, 0.15) is 5.56 Å². The van der Waals surface area contributed by atoms with E-state index in [9.17, 15) is 4.79 Å². The fourth-order valence-electron chi connectivity index (χ4n) is 2.95. The molecule has 2 heterocycles. The van der Waals surface area contributed by atoms with Crippen LogP contribution in [0.4, 0.5) is 0 Å². The summed E-state index contributed by atoms with van der Waals surface area (Å²) in [5.74, 6) is 1.01. The van der Waals surface area contributed by atoms with Gasteiger partial charge in [-0.15, -0.1) is 10.2 Å². The molecule has 0 aliphatic heterocycles. The van der Waals surface area contributed by atoms with E-state index >= 15 is 0 Å². The third-order valence-electron chi connectivity index (χ3n) is 4.60. The summed E-state index contributed by atoms with van der Waals surface area (Å²) in [6.45, 7) is 0.568. The van der Waals surface area contributed by atoms with Gasteiger partial charge in [-0.1, -0.05) is 52.0 Å². The third kappa shape index (κ3) is 5.42. The number of carbonyl (C=O) groups is 1. The number of rotatable bonds is 8. The summed E-state index contributed by atoms with van der Waals surface area (Å²) in [6, 6.07) is 19.5. The number of amides is 1. The van der Waals surface area contributed by atoms with Gasteiger partial charge in [0, 0.05) is 16.6 Å². The number of nitrogens with zero attached hydrogens (tertiary/aromatic N) is 4. The molecular weight excluding hydrogens is 478 g/mol. The number of aromatic nitrogens is 4. The summed E-state index contributed by atoms with van der Waals surface area (Å²) >= 11 is 4.76. The molecule has 0 fully saturated rings. The minimum Gasteiger partial charge on any atom is -0.497 e. The molecule has 158 valence electrons. The van der Waals surface area contributed by atoms with Gasteiger partial charge in [-0.3, -0.25) is 4.79 Å². The molecule has 4 rings (SSSR count). The van der Waals surface area contributed by atoms with Crippen LogP contribution in [-0.4, -0.2) is 45.1 Å². The summed E-state index contributed by atoms with van der Waals surface area (Å²) in [7, 11) is 1.64. The van der Waals surface area contributed by atoms with Crippen molar-refractivity contribution in [1.29, 1.82) is 0 Å². The van der Waals surface area contributed by atoms with E-state index in [2.05, 4.69) is 36.5 Å². The number of benzene rings is 2. The highest BCUT2D eigenvalue weighted by atomic mass is 79.9. The van der Waals surface area contributed by atoms with Crippen molar-refractivity contribution in [2.75, 3.05) is 19.4 Å². The van der Waals surface area contributed by atoms with Crippen LogP contribution in [0.3, 0.4) is 0 Å². The van der Waals surface area contributed by atoms with E-state index in [1.165, 1.54) is 11.8 Å². The molecule has 0 spiro atoms. The highest BCUT2D eigenvalue weighted by molar-refractivity contribution is 9.10. The largest absolute Gasteiger partial charge is 0.497 e. The SMILES string of the molecule is COc1ccc(CCNC(=O)CSc2nnc3ccc(-c4ccc(Br)cc4)nn23)cc1. The smallest absolute Gasteiger partial charge is 0.230 e. The number of halogens is 1. The molecule has 1 amide bonds. The Bertz CT molecular complexity index is 1180. The molecule has 0 saturated carbocycles. The van der Waals surface area contributed by atoms with Gasteiger partial charge in [-0.05, 0) is 48.4 Å². The lowest BCUT2D eigenvalue weighted by molar-refractivity contribution is -0.118. The van der Waals surface area contributed by atoms with Crippen LogP contribution in [0.25, 0.3) is 16.9 Å². The molecule has 2 aromatic carbocycles. The first-order valence-corrected chi connectivity index (χ1v) is 11.4. The van der Waals surface area contributed by atoms with Crippen molar-refractivity contribution in [3.63, 3.8) is 0 Å². The van der Waals surface area contributed by atoms with Gasteiger partial charge in [-0.25, -0.2) is 0 Å². The molecule has 0 aliphatic carbocycles. The normalized spacial score (nSPS) is 10.9. The first-order chi connectivity index (χ1) is 15.1. The van der Waals surface area contributed by atoms with Crippen molar-refractivity contribution >= 4 is 39.2 Å². The molecule has 9 heteroatoms. The van der Waals surface area contributed by atoms with E-state index in [4.69, 9.17) is 4.74 Å². The predicted octanol–water partition coefficient (Wildman–Crippen LogP) is 4.01. The van der Waals surface area contributed by atoms with Crippen LogP contribution < -0.4 is 10.1 Å². The van der Waals surface area contributed by atoms with Crippen molar-refractivity contribution in [3.05, 3.63) is 70.7 Å². The minimum absolute atomic E-state index is 0.0562. The van der Waals surface area contributed by atoms with Gasteiger partial charge in [0.05, 0.1) is 18.6 Å². The molecule has 0 bridgehead atoms. The molecule has 31 heavy (non-hydrogen) atoms. The Kier molecular flexibility index (Phi) is 6.83. The molecule has 4 aromatic rings. The number of carbonyl (C=O) groups excluding carboxylic acids is 1. The number of ether oxygens (including phenoxy) is 1. The summed E-state index contributed by atoms with van der Waals surface area (Å²) in [5, 5.41) is 16.5. The van der Waals surface area contributed by atoms with Crippen molar-refractivity contribution < 1.29 is 9.53 Å². The van der Waals surface area contributed by atoms with Gasteiger partial charge in [0.25, 0.3) is 0 Å². The second-order valence-electron chi connectivity index (χ2n) is 6.71. The average Bonchev–Trinajstić information content (AvgIpc) is 3.21. The molecule has 2 aromatic heterocycles. The number of hydrogen-bond donors (Lipinski definition) is 1. The van der Waals surface area contributed by atoms with Crippen molar-refractivity contribution in [1.82, 2.24) is 25.1 Å². The van der Waals surface area contributed by atoms with Crippen LogP contribution >= 0.6 is 27.7 Å². The number of methoxy groups -OCH3 is 1. The Balaban J connectivity index is 1.34. The summed E-state index contributed by atoms with van der Waals surface area (Å²) in [6.07, 6.45) is 0.756. The maximum Gasteiger partial charge on any atom is 0.230 e. The van der Waals surface area contributed by atoms with Crippen LogP contribution in [0, 0.1) is 0 Å². The molecule has 7 nitrogen and oxygen atoms in total. The molecular formula is C22H20BrN5O2S. The monoisotopic (exact) mass is 497 g/mol. The van der Waals surface area contributed by atoms with Crippen LogP contribution in [0.2, 0.25) is 0 Å². The molecule has 1 N–H and O–H groups in total. The highest BCUT2D eigenvalue weighted by Gasteiger charge is 2.11. The van der Waals surface area contributed by atoms with E-state index in [1.807, 2.05) is 60.7 Å². The Morgan fingerprint density at radius 3 is 2.58 bits per heavy atom. The second-order valence-corrected chi connectivity index (χ2v) is 8.57. The lowest BCUT2D eigenvalue weighted by atomic mass is 10.1. The van der Waals surface area contributed by atoms with E-state index < -0.39 is 0 Å². The summed E-state index contributed by atoms with van der Waals surface area (Å²) in [4.78, 5) is 12.3. The van der Waals surface area contributed by atoms with Crippen LogP contribution in [0.5, 0.6) is 5.75 Å². The van der Waals surface area contributed by atoms with Crippen LogP contribution in [-0.2, 0) is 11.2 Å². The summed E-state index contributed by atoms with van der Waals surface area (Å²) < 4.78 is 7.84. The number of hydrogen-bond acceptors (Lipinski definition) is 6. The second kappa shape index (κ2) is 9.93. The Hall–Kier alpha value is -2.91. The maximum absolute atomic E-state index is 12.3. The Morgan fingerprint density at radius 2 is 1.84 bits per heavy atom. The maximum atomic E-state index is 12.3. The molecule has 0 atom stereocenters. The fourth-order valence-corrected chi connectivity index (χ4v) is 3.94. The zero-order chi connectivity index (χ0) is 21.6. The number of thioether (sulfide) groups is 1. The molecule has 0 aliphatic rings. The van der Waals surface area contributed by atoms with Crippen LogP contribution in [0.15, 0.2) is 70.3 Å². The zero-order valence-corrected chi connectivity index (χ0v) is 19.2. The predicted molar refractivity (Wildman–Crippen MR) is 124 cm³/mol. The molecule has 0 unspecified atom stereocenters. The van der Waals surface area contributed by atoms with Gasteiger partial charge in [0.15, 0.2) is 5.65 Å². The van der Waals surface area contributed by atoms with Gasteiger partial charge in [0.1, 0.15) is 5.75 Å². The topological polar surface area (TPSA) is 81.4 Å². The van der Waals surface area contributed by atoms with Gasteiger partial charge in [-0.2, -0.15) is 9.61 Å². The standard InChI is InChI=1S/C22H20BrN5O2S/c1-30-18-8-2-15(3-9-18)12-13-24-21(29)14-31-22-26-25-20-11-10-19(27-28(20)22)16-4-6-17(23)7-5-16/h2-11H,12-14H2,1H3,(H,24,29). The first kappa shape index (κ1) is 21.3. The summed E-state index contributed by atoms with van der Waals surface area (Å²) in [5.41, 5.74) is 3.58. The highest BCUT2D eigenvalue weighted by Crippen LogP contribution is 2.22. The minimum atomic E-state index is -0.0562. The van der Waals surface area contributed by atoms with Crippen molar-refractivity contribution in [2.45, 2.75) is 11.6 Å². The number of fused-ring (bicyclic) bond motifs is 1. The lowest BCUT2D eigenvalue weighted by Gasteiger charge is -2.06. The number of nitrogens with one attached hydrogen (secondary N) is 1. The van der Waals surface area contributed by atoms with E-state index in [-0.39, 0.29) is 11.7 Å². The quantitative estimate of drug-likeness (QED) is 0.370. The first-order valence-electron chi connectivity index (χ1n) is 9.63. The lowest BCUT2D eigenvalue weighted by Crippen LogP contribution is -2.27. The third-order valence-corrected chi connectivity index (χ3v) is 6.05. The van der Waals surface area contributed by atoms with E-state index in [0.29, 0.717) is 17.3 Å². The van der Waals surface area contributed by atoms with E-state index in [0.717, 1.165) is 33.5 Å². The van der Waals surface area contributed by atoms with Crippen molar-refractivity contribution in [2.24, 2.45) is 0 Å². The van der Waals surface area contributed by atoms with Gasteiger partial charge >= 0.3 is 0 Å². The van der Waals surface area contributed by atoms with Gasteiger partial charge in [0.2, 0.25) is 11.1 Å². The Labute approximate surface area is 192 Å². The average molecular weight is 498 g/mol. The molecule has 0 radical (unpaired) electrons. The molecule has 0 saturated heterocycles.